The summed E-state index contributed by atoms with van der Waals surface area (Å²) in [6, 6.07) is 20.5. The van der Waals surface area contributed by atoms with Crippen molar-refractivity contribution in [3.05, 3.63) is 88.5 Å². The molecule has 0 spiro atoms. The van der Waals surface area contributed by atoms with Gasteiger partial charge in [-0.25, -0.2) is 4.79 Å². The number of esters is 1. The molecule has 3 aromatic carbocycles. The lowest BCUT2D eigenvalue weighted by Gasteiger charge is -2.18. The van der Waals surface area contributed by atoms with E-state index in [0.29, 0.717) is 23.5 Å². The van der Waals surface area contributed by atoms with Gasteiger partial charge in [-0.15, -0.1) is 0 Å². The molecule has 0 bridgehead atoms. The average Bonchev–Trinajstić information content (AvgIpc) is 2.74. The summed E-state index contributed by atoms with van der Waals surface area (Å²) in [6.07, 6.45) is 0.787. The highest BCUT2D eigenvalue weighted by atomic mass is 16.6. The van der Waals surface area contributed by atoms with E-state index >= 15 is 0 Å². The van der Waals surface area contributed by atoms with Gasteiger partial charge in [0.25, 0.3) is 0 Å². The van der Waals surface area contributed by atoms with Crippen LogP contribution < -0.4 is 9.47 Å². The second-order valence-corrected chi connectivity index (χ2v) is 8.38. The van der Waals surface area contributed by atoms with Gasteiger partial charge in [0, 0.05) is 6.07 Å². The lowest BCUT2D eigenvalue weighted by molar-refractivity contribution is -0.385. The van der Waals surface area contributed by atoms with Crippen LogP contribution in [0.1, 0.15) is 37.6 Å². The van der Waals surface area contributed by atoms with Crippen molar-refractivity contribution in [3.63, 3.8) is 0 Å². The molecule has 0 aliphatic carbocycles. The Hall–Kier alpha value is -3.67. The van der Waals surface area contributed by atoms with Crippen molar-refractivity contribution in [1.82, 2.24) is 0 Å². The van der Waals surface area contributed by atoms with Gasteiger partial charge >= 0.3 is 11.7 Å². The summed E-state index contributed by atoms with van der Waals surface area (Å²) in [5, 5.41) is 11.5. The minimum Gasteiger partial charge on any atom is -0.487 e. The maximum absolute atomic E-state index is 12.2. The van der Waals surface area contributed by atoms with E-state index in [9.17, 15) is 14.9 Å². The fraction of sp³-hybridized carbons (Fsp3) is 0.240. The van der Waals surface area contributed by atoms with Gasteiger partial charge in [-0.2, -0.15) is 0 Å². The summed E-state index contributed by atoms with van der Waals surface area (Å²) in [4.78, 5) is 23.3. The fourth-order valence-electron chi connectivity index (χ4n) is 2.88. The third kappa shape index (κ3) is 6.15. The van der Waals surface area contributed by atoms with Crippen LogP contribution in [0.15, 0.2) is 72.8 Å². The van der Waals surface area contributed by atoms with Crippen molar-refractivity contribution >= 4 is 11.7 Å². The zero-order chi connectivity index (χ0) is 22.4. The maximum atomic E-state index is 12.2. The molecule has 0 heterocycles. The minimum absolute atomic E-state index is 0.0778. The Morgan fingerprint density at radius 2 is 1.58 bits per heavy atom. The van der Waals surface area contributed by atoms with Crippen molar-refractivity contribution in [3.8, 4) is 22.6 Å². The number of rotatable bonds is 7. The Balaban J connectivity index is 1.74. The van der Waals surface area contributed by atoms with Crippen molar-refractivity contribution in [2.24, 2.45) is 5.41 Å². The van der Waals surface area contributed by atoms with Gasteiger partial charge in [-0.05, 0) is 53.3 Å². The number of hydrogen-bond acceptors (Lipinski definition) is 5. The molecule has 3 rings (SSSR count). The van der Waals surface area contributed by atoms with Crippen LogP contribution in [-0.4, -0.2) is 17.5 Å². The molecule has 0 N–H and O–H groups in total. The van der Waals surface area contributed by atoms with Crippen molar-refractivity contribution in [1.29, 1.82) is 0 Å². The predicted octanol–water partition coefficient (Wildman–Crippen LogP) is 6.30. The molecule has 0 aliphatic heterocycles. The fourth-order valence-corrected chi connectivity index (χ4v) is 2.88. The molecule has 6 nitrogen and oxygen atoms in total. The zero-order valence-corrected chi connectivity index (χ0v) is 17.8. The molecule has 0 radical (unpaired) electrons. The van der Waals surface area contributed by atoms with E-state index < -0.39 is 10.9 Å². The first-order valence-corrected chi connectivity index (χ1v) is 10.0. The molecule has 6 heteroatoms. The van der Waals surface area contributed by atoms with Crippen LogP contribution in [-0.2, 0) is 0 Å². The number of ether oxygens (including phenoxy) is 2. The van der Waals surface area contributed by atoms with Crippen molar-refractivity contribution < 1.29 is 19.2 Å². The summed E-state index contributed by atoms with van der Waals surface area (Å²) < 4.78 is 11.0. The van der Waals surface area contributed by atoms with E-state index in [1.807, 2.05) is 6.07 Å². The molecule has 0 amide bonds. The Kier molecular flexibility index (Phi) is 6.70. The van der Waals surface area contributed by atoms with Crippen molar-refractivity contribution in [2.45, 2.75) is 27.2 Å². The van der Waals surface area contributed by atoms with E-state index in [1.54, 1.807) is 60.7 Å². The average molecular weight is 419 g/mol. The molecule has 3 aromatic rings. The summed E-state index contributed by atoms with van der Waals surface area (Å²) in [5.74, 6) is 0.210. The lowest BCUT2D eigenvalue weighted by atomic mass is 9.93. The third-order valence-electron chi connectivity index (χ3n) is 4.67. The second-order valence-electron chi connectivity index (χ2n) is 8.38. The second kappa shape index (κ2) is 9.43. The number of nitro groups is 1. The van der Waals surface area contributed by atoms with Gasteiger partial charge < -0.3 is 9.47 Å². The zero-order valence-electron chi connectivity index (χ0n) is 17.8. The van der Waals surface area contributed by atoms with Crippen molar-refractivity contribution in [2.75, 3.05) is 6.61 Å². The Morgan fingerprint density at radius 3 is 2.19 bits per heavy atom. The minimum atomic E-state index is -0.444. The molecule has 0 unspecified atom stereocenters. The highest BCUT2D eigenvalue weighted by molar-refractivity contribution is 5.91. The Labute approximate surface area is 181 Å². The molecule has 0 saturated heterocycles. The van der Waals surface area contributed by atoms with Gasteiger partial charge in [0.15, 0.2) is 5.75 Å². The number of hydrogen-bond donors (Lipinski definition) is 0. The van der Waals surface area contributed by atoms with Crippen LogP contribution in [0.3, 0.4) is 0 Å². The summed E-state index contributed by atoms with van der Waals surface area (Å²) in [5.41, 5.74) is 1.91. The monoisotopic (exact) mass is 419 g/mol. The number of nitro benzene ring substituents is 1. The van der Waals surface area contributed by atoms with E-state index in [2.05, 4.69) is 20.8 Å². The quantitative estimate of drug-likeness (QED) is 0.194. The van der Waals surface area contributed by atoms with Crippen LogP contribution >= 0.6 is 0 Å². The number of carbonyl (C=O) groups is 1. The molecule has 0 saturated carbocycles. The molecule has 31 heavy (non-hydrogen) atoms. The summed E-state index contributed by atoms with van der Waals surface area (Å²) >= 11 is 0. The predicted molar refractivity (Wildman–Crippen MR) is 119 cm³/mol. The Bertz CT molecular complexity index is 1050. The normalized spacial score (nSPS) is 11.1. The number of benzene rings is 3. The summed E-state index contributed by atoms with van der Waals surface area (Å²) in [7, 11) is 0. The van der Waals surface area contributed by atoms with E-state index in [4.69, 9.17) is 9.47 Å². The van der Waals surface area contributed by atoms with Gasteiger partial charge in [0.1, 0.15) is 5.75 Å². The molecule has 160 valence electrons. The maximum Gasteiger partial charge on any atom is 0.343 e. The van der Waals surface area contributed by atoms with Crippen LogP contribution in [0.4, 0.5) is 5.69 Å². The first-order chi connectivity index (χ1) is 14.7. The molecule has 0 atom stereocenters. The van der Waals surface area contributed by atoms with Crippen LogP contribution in [0.2, 0.25) is 0 Å². The highest BCUT2D eigenvalue weighted by Crippen LogP contribution is 2.33. The largest absolute Gasteiger partial charge is 0.487 e. The molecule has 0 aromatic heterocycles. The van der Waals surface area contributed by atoms with Gasteiger partial charge in [0.05, 0.1) is 17.1 Å². The SMILES string of the molecule is CC(C)(C)CCOc1ccc(-c2ccc(OC(=O)c3ccccc3)cc2)cc1[N+](=O)[O-]. The van der Waals surface area contributed by atoms with E-state index in [-0.39, 0.29) is 16.9 Å². The highest BCUT2D eigenvalue weighted by Gasteiger charge is 2.18. The third-order valence-corrected chi connectivity index (χ3v) is 4.67. The molecule has 0 fully saturated rings. The van der Waals surface area contributed by atoms with Crippen LogP contribution in [0, 0.1) is 15.5 Å². The van der Waals surface area contributed by atoms with Crippen LogP contribution in [0.5, 0.6) is 11.5 Å². The van der Waals surface area contributed by atoms with E-state index in [1.165, 1.54) is 6.07 Å². The number of carbonyl (C=O) groups excluding carboxylic acids is 1. The summed E-state index contributed by atoms with van der Waals surface area (Å²) in [6.45, 7) is 6.68. The van der Waals surface area contributed by atoms with Gasteiger partial charge in [-0.1, -0.05) is 57.2 Å². The molecular formula is C25H25NO5. The smallest absolute Gasteiger partial charge is 0.343 e. The van der Waals surface area contributed by atoms with E-state index in [0.717, 1.165) is 12.0 Å². The first kappa shape index (κ1) is 22.0. The molecule has 0 aliphatic rings. The van der Waals surface area contributed by atoms with Gasteiger partial charge in [-0.3, -0.25) is 10.1 Å². The number of nitrogens with zero attached hydrogens (tertiary/aromatic N) is 1. The Morgan fingerprint density at radius 1 is 0.935 bits per heavy atom. The first-order valence-electron chi connectivity index (χ1n) is 10.0. The lowest BCUT2D eigenvalue weighted by Crippen LogP contribution is -2.11. The standard InChI is InChI=1S/C25H25NO5/c1-25(2,3)15-16-30-23-14-11-20(17-22(23)26(28)29)18-9-12-21(13-10-18)31-24(27)19-7-5-4-6-8-19/h4-14,17H,15-16H2,1-3H3. The van der Waals surface area contributed by atoms with Crippen LogP contribution in [0.25, 0.3) is 11.1 Å². The topological polar surface area (TPSA) is 78.7 Å². The molecular weight excluding hydrogens is 394 g/mol. The van der Waals surface area contributed by atoms with Gasteiger partial charge in [0.2, 0.25) is 0 Å².